The molecule has 2 aromatic rings. The van der Waals surface area contributed by atoms with Crippen LogP contribution in [0.4, 0.5) is 5.69 Å². The molecule has 0 spiro atoms. The third-order valence-corrected chi connectivity index (χ3v) is 3.16. The molecule has 0 saturated carbocycles. The first-order chi connectivity index (χ1) is 9.43. The van der Waals surface area contributed by atoms with Crippen LogP contribution in [0.25, 0.3) is 0 Å². The van der Waals surface area contributed by atoms with Gasteiger partial charge in [0.2, 0.25) is 0 Å². The Bertz CT molecular complexity index is 507. The first-order valence-corrected chi connectivity index (χ1v) is 6.45. The number of H-pyrrole nitrogens is 1. The molecule has 19 heavy (non-hydrogen) atoms. The molecule has 1 aromatic carbocycles. The second kappa shape index (κ2) is 5.75. The van der Waals surface area contributed by atoms with Crippen LogP contribution in [0.2, 0.25) is 0 Å². The first kappa shape index (κ1) is 12.0. The van der Waals surface area contributed by atoms with E-state index in [0.717, 1.165) is 43.4 Å². The predicted molar refractivity (Wildman–Crippen MR) is 72.4 cm³/mol. The molecule has 5 heteroatoms. The van der Waals surface area contributed by atoms with Gasteiger partial charge in [-0.2, -0.15) is 0 Å². The molecule has 0 unspecified atom stereocenters. The second-order valence-electron chi connectivity index (χ2n) is 4.43. The van der Waals surface area contributed by atoms with Crippen LogP contribution in [0.15, 0.2) is 36.8 Å². The average molecular weight is 259 g/mol. The Hall–Kier alpha value is -2.01. The van der Waals surface area contributed by atoms with Crippen molar-refractivity contribution in [2.45, 2.75) is 6.61 Å². The van der Waals surface area contributed by atoms with E-state index in [9.17, 15) is 0 Å². The number of hydrogen-bond acceptors (Lipinski definition) is 4. The van der Waals surface area contributed by atoms with E-state index < -0.39 is 0 Å². The maximum absolute atomic E-state index is 5.88. The highest BCUT2D eigenvalue weighted by Crippen LogP contribution is 2.29. The summed E-state index contributed by atoms with van der Waals surface area (Å²) in [6, 6.07) is 8.12. The molecule has 2 heterocycles. The highest BCUT2D eigenvalue weighted by Gasteiger charge is 2.15. The molecule has 1 aliphatic rings. The summed E-state index contributed by atoms with van der Waals surface area (Å²) in [5.74, 6) is 0.902. The van der Waals surface area contributed by atoms with Gasteiger partial charge in [-0.3, -0.25) is 0 Å². The summed E-state index contributed by atoms with van der Waals surface area (Å²) in [7, 11) is 0. The largest absolute Gasteiger partial charge is 0.485 e. The summed E-state index contributed by atoms with van der Waals surface area (Å²) >= 11 is 0. The number of anilines is 1. The van der Waals surface area contributed by atoms with E-state index in [2.05, 4.69) is 20.9 Å². The van der Waals surface area contributed by atoms with Crippen molar-refractivity contribution < 1.29 is 9.47 Å². The first-order valence-electron chi connectivity index (χ1n) is 6.45. The van der Waals surface area contributed by atoms with Gasteiger partial charge in [0.05, 0.1) is 37.1 Å². The van der Waals surface area contributed by atoms with Gasteiger partial charge in [0.25, 0.3) is 0 Å². The highest BCUT2D eigenvalue weighted by atomic mass is 16.5. The molecule has 0 aliphatic carbocycles. The maximum atomic E-state index is 5.88. The van der Waals surface area contributed by atoms with Gasteiger partial charge >= 0.3 is 0 Å². The van der Waals surface area contributed by atoms with E-state index in [-0.39, 0.29) is 0 Å². The number of benzene rings is 1. The Morgan fingerprint density at radius 2 is 2.11 bits per heavy atom. The van der Waals surface area contributed by atoms with Gasteiger partial charge in [-0.1, -0.05) is 12.1 Å². The number of rotatable bonds is 4. The molecule has 5 nitrogen and oxygen atoms in total. The Labute approximate surface area is 112 Å². The Kier molecular flexibility index (Phi) is 3.65. The van der Waals surface area contributed by atoms with Crippen LogP contribution in [0, 0.1) is 0 Å². The van der Waals surface area contributed by atoms with Crippen molar-refractivity contribution >= 4 is 5.69 Å². The fraction of sp³-hybridized carbons (Fsp3) is 0.357. The summed E-state index contributed by atoms with van der Waals surface area (Å²) < 4.78 is 11.3. The summed E-state index contributed by atoms with van der Waals surface area (Å²) in [6.07, 6.45) is 3.43. The van der Waals surface area contributed by atoms with Gasteiger partial charge in [-0.05, 0) is 12.1 Å². The van der Waals surface area contributed by atoms with E-state index in [1.54, 1.807) is 12.5 Å². The molecular formula is C14H17N3O2. The highest BCUT2D eigenvalue weighted by molar-refractivity contribution is 5.58. The van der Waals surface area contributed by atoms with Gasteiger partial charge < -0.3 is 19.4 Å². The fourth-order valence-electron chi connectivity index (χ4n) is 2.16. The normalized spacial score (nSPS) is 15.5. The van der Waals surface area contributed by atoms with Crippen LogP contribution in [-0.4, -0.2) is 36.3 Å². The fourth-order valence-corrected chi connectivity index (χ4v) is 2.16. The molecule has 0 atom stereocenters. The van der Waals surface area contributed by atoms with Crippen molar-refractivity contribution in [3.05, 3.63) is 42.5 Å². The summed E-state index contributed by atoms with van der Waals surface area (Å²) in [5, 5.41) is 0. The Balaban J connectivity index is 1.73. The van der Waals surface area contributed by atoms with Gasteiger partial charge in [0, 0.05) is 13.1 Å². The molecule has 1 saturated heterocycles. The lowest BCUT2D eigenvalue weighted by atomic mass is 10.2. The van der Waals surface area contributed by atoms with Crippen molar-refractivity contribution in [2.24, 2.45) is 0 Å². The van der Waals surface area contributed by atoms with Crippen molar-refractivity contribution in [2.75, 3.05) is 31.2 Å². The molecule has 1 aromatic heterocycles. The summed E-state index contributed by atoms with van der Waals surface area (Å²) in [6.45, 7) is 3.86. The zero-order valence-electron chi connectivity index (χ0n) is 10.7. The topological polar surface area (TPSA) is 50.4 Å². The van der Waals surface area contributed by atoms with E-state index in [4.69, 9.17) is 9.47 Å². The lowest BCUT2D eigenvalue weighted by Crippen LogP contribution is -2.36. The third-order valence-electron chi connectivity index (χ3n) is 3.16. The molecule has 100 valence electrons. The lowest BCUT2D eigenvalue weighted by molar-refractivity contribution is 0.122. The van der Waals surface area contributed by atoms with Crippen molar-refractivity contribution in [3.8, 4) is 5.75 Å². The molecule has 0 radical (unpaired) electrons. The lowest BCUT2D eigenvalue weighted by Gasteiger charge is -2.30. The van der Waals surface area contributed by atoms with Crippen molar-refractivity contribution in [1.29, 1.82) is 0 Å². The van der Waals surface area contributed by atoms with Gasteiger partial charge in [0.15, 0.2) is 0 Å². The van der Waals surface area contributed by atoms with E-state index in [0.29, 0.717) is 6.61 Å². The molecule has 3 rings (SSSR count). The minimum absolute atomic E-state index is 0.501. The van der Waals surface area contributed by atoms with Crippen LogP contribution >= 0.6 is 0 Å². The number of nitrogens with zero attached hydrogens (tertiary/aromatic N) is 2. The van der Waals surface area contributed by atoms with E-state index >= 15 is 0 Å². The third kappa shape index (κ3) is 2.88. The SMILES string of the molecule is c1ccc(N2CCOCC2)c(OCc2cnc[nH]2)c1. The quantitative estimate of drug-likeness (QED) is 0.910. The minimum Gasteiger partial charge on any atom is -0.485 e. The smallest absolute Gasteiger partial charge is 0.143 e. The maximum Gasteiger partial charge on any atom is 0.143 e. The number of hydrogen-bond donors (Lipinski definition) is 1. The number of morpholine rings is 1. The number of ether oxygens (including phenoxy) is 2. The van der Waals surface area contributed by atoms with Gasteiger partial charge in [0.1, 0.15) is 12.4 Å². The van der Waals surface area contributed by atoms with Crippen LogP contribution in [-0.2, 0) is 11.3 Å². The van der Waals surface area contributed by atoms with Gasteiger partial charge in [-0.25, -0.2) is 4.98 Å². The van der Waals surface area contributed by atoms with Crippen LogP contribution in [0.5, 0.6) is 5.75 Å². The average Bonchev–Trinajstić information content (AvgIpc) is 3.00. The molecule has 0 amide bonds. The number of aromatic amines is 1. The number of aromatic nitrogens is 2. The monoisotopic (exact) mass is 259 g/mol. The Morgan fingerprint density at radius 3 is 2.89 bits per heavy atom. The Morgan fingerprint density at radius 1 is 1.26 bits per heavy atom. The minimum atomic E-state index is 0.501. The zero-order chi connectivity index (χ0) is 12.9. The van der Waals surface area contributed by atoms with Crippen molar-refractivity contribution in [3.63, 3.8) is 0 Å². The molecule has 1 aliphatic heterocycles. The summed E-state index contributed by atoms with van der Waals surface area (Å²) in [4.78, 5) is 9.32. The van der Waals surface area contributed by atoms with Crippen LogP contribution in [0.3, 0.4) is 0 Å². The number of nitrogens with one attached hydrogen (secondary N) is 1. The van der Waals surface area contributed by atoms with Crippen LogP contribution < -0.4 is 9.64 Å². The second-order valence-corrected chi connectivity index (χ2v) is 4.43. The summed E-state index contributed by atoms with van der Waals surface area (Å²) in [5.41, 5.74) is 2.10. The zero-order valence-corrected chi connectivity index (χ0v) is 10.7. The number of imidazole rings is 1. The molecular weight excluding hydrogens is 242 g/mol. The predicted octanol–water partition coefficient (Wildman–Crippen LogP) is 1.83. The van der Waals surface area contributed by atoms with E-state index in [1.165, 1.54) is 0 Å². The van der Waals surface area contributed by atoms with Gasteiger partial charge in [-0.15, -0.1) is 0 Å². The standard InChI is InChI=1S/C14H17N3O2/c1-2-4-14(19-10-12-9-15-11-16-12)13(3-1)17-5-7-18-8-6-17/h1-4,9,11H,5-8,10H2,(H,15,16). The molecule has 1 fully saturated rings. The molecule has 0 bridgehead atoms. The van der Waals surface area contributed by atoms with Crippen LogP contribution in [0.1, 0.15) is 5.69 Å². The number of para-hydroxylation sites is 2. The molecule has 1 N–H and O–H groups in total. The van der Waals surface area contributed by atoms with E-state index in [1.807, 2.05) is 18.2 Å². The van der Waals surface area contributed by atoms with Crippen molar-refractivity contribution in [1.82, 2.24) is 9.97 Å².